The molecule has 3 fully saturated rings. The Bertz CT molecular complexity index is 1870. The molecule has 1 aromatic carbocycles. The van der Waals surface area contributed by atoms with Crippen molar-refractivity contribution in [1.29, 1.82) is 5.26 Å². The summed E-state index contributed by atoms with van der Waals surface area (Å²) in [6.45, 7) is 9.95. The van der Waals surface area contributed by atoms with Crippen LogP contribution < -0.4 is 20.9 Å². The fraction of sp³-hybridized carbons (Fsp3) is 0.500. The molecule has 8 rings (SSSR count). The maximum atomic E-state index is 17.4. The number of rotatable bonds is 6. The van der Waals surface area contributed by atoms with Gasteiger partial charge in [-0.05, 0) is 43.5 Å². The molecule has 0 saturated carbocycles. The molecule has 10 nitrogen and oxygen atoms in total. The second-order valence-corrected chi connectivity index (χ2v) is 13.4. The van der Waals surface area contributed by atoms with Crippen molar-refractivity contribution in [2.24, 2.45) is 0 Å². The first-order valence-corrected chi connectivity index (χ1v) is 16.6. The van der Waals surface area contributed by atoms with E-state index >= 15 is 4.39 Å². The molecule has 3 atom stereocenters. The van der Waals surface area contributed by atoms with Crippen molar-refractivity contribution in [3.8, 4) is 17.3 Å². The third-order valence-electron chi connectivity index (χ3n) is 10.2. The van der Waals surface area contributed by atoms with E-state index in [-0.39, 0.29) is 62.7 Å². The standard InChI is InChI=1S/C32H35F2N9OS/c1-3-41(4-2)18-7-8-42(13-18)32-39-28-25(31(40-32)43-16-5-6-17(43)11-37-10-16)21-15-44-14-20(21)23(26(28)34)27-24-19(9-35)30(36)45-29(24)22(33)12-38-27/h12,16-18,37H,3-8,10-11,13-15,36H2,1-2H3/t16?,17?,18-/m0/s1. The molecule has 7 heterocycles. The molecule has 2 unspecified atom stereocenters. The topological polar surface area (TPSA) is 119 Å². The first-order chi connectivity index (χ1) is 21.9. The Morgan fingerprint density at radius 3 is 2.60 bits per heavy atom. The number of aromatic nitrogens is 3. The zero-order valence-corrected chi connectivity index (χ0v) is 26.2. The number of nitriles is 1. The van der Waals surface area contributed by atoms with Gasteiger partial charge in [0.15, 0.2) is 11.6 Å². The van der Waals surface area contributed by atoms with Crippen molar-refractivity contribution in [2.45, 2.75) is 64.4 Å². The third-order valence-corrected chi connectivity index (χ3v) is 11.2. The number of nitrogens with one attached hydrogen (secondary N) is 1. The van der Waals surface area contributed by atoms with E-state index in [0.29, 0.717) is 22.9 Å². The van der Waals surface area contributed by atoms with Gasteiger partial charge < -0.3 is 25.6 Å². The lowest BCUT2D eigenvalue weighted by atomic mass is 9.93. The number of piperazine rings is 1. The van der Waals surface area contributed by atoms with Gasteiger partial charge in [0.1, 0.15) is 22.4 Å². The molecular weight excluding hydrogens is 596 g/mol. The fourth-order valence-electron chi connectivity index (χ4n) is 8.05. The summed E-state index contributed by atoms with van der Waals surface area (Å²) in [5.74, 6) is 0.120. The number of likely N-dealkylation sites (N-methyl/N-ethyl adjacent to an activating group) is 1. The third kappa shape index (κ3) is 4.30. The van der Waals surface area contributed by atoms with Gasteiger partial charge in [-0.15, -0.1) is 11.3 Å². The molecule has 0 aliphatic carbocycles. The van der Waals surface area contributed by atoms with E-state index in [1.54, 1.807) is 0 Å². The molecule has 234 valence electrons. The number of pyridine rings is 1. The average molecular weight is 632 g/mol. The van der Waals surface area contributed by atoms with E-state index in [2.05, 4.69) is 44.9 Å². The van der Waals surface area contributed by atoms with Crippen molar-refractivity contribution in [2.75, 3.05) is 54.8 Å². The Hall–Kier alpha value is -3.70. The zero-order valence-electron chi connectivity index (χ0n) is 25.4. The number of anilines is 3. The van der Waals surface area contributed by atoms with Gasteiger partial charge in [-0.2, -0.15) is 10.2 Å². The SMILES string of the molecule is CCN(CC)[C@H]1CCN(c2nc(N3C4CCC3CNC4)c3c4c(c(-c5ncc(F)c6sc(N)c(C#N)c56)c(F)c3n2)COC4)C1. The lowest BCUT2D eigenvalue weighted by Gasteiger charge is -2.37. The predicted octanol–water partition coefficient (Wildman–Crippen LogP) is 4.53. The Morgan fingerprint density at radius 1 is 1.11 bits per heavy atom. The molecule has 0 radical (unpaired) electrons. The van der Waals surface area contributed by atoms with Gasteiger partial charge in [-0.25, -0.2) is 13.8 Å². The van der Waals surface area contributed by atoms with Gasteiger partial charge in [0.05, 0.1) is 40.8 Å². The second-order valence-electron chi connectivity index (χ2n) is 12.4. The van der Waals surface area contributed by atoms with Crippen LogP contribution in [0, 0.1) is 23.0 Å². The Balaban J connectivity index is 1.39. The molecule has 0 amide bonds. The van der Waals surface area contributed by atoms with Crippen LogP contribution in [-0.2, 0) is 18.0 Å². The van der Waals surface area contributed by atoms with Gasteiger partial charge in [-0.3, -0.25) is 9.88 Å². The van der Waals surface area contributed by atoms with E-state index in [4.69, 9.17) is 20.4 Å². The molecule has 13 heteroatoms. The Labute approximate surface area is 263 Å². The minimum absolute atomic E-state index is 0.102. The smallest absolute Gasteiger partial charge is 0.228 e. The fourth-order valence-corrected chi connectivity index (χ4v) is 8.97. The van der Waals surface area contributed by atoms with Crippen molar-refractivity contribution in [1.82, 2.24) is 25.2 Å². The van der Waals surface area contributed by atoms with E-state index in [1.807, 2.05) is 0 Å². The minimum atomic E-state index is -0.598. The van der Waals surface area contributed by atoms with Gasteiger partial charge in [-0.1, -0.05) is 13.8 Å². The summed E-state index contributed by atoms with van der Waals surface area (Å²) in [6.07, 6.45) is 4.14. The van der Waals surface area contributed by atoms with Crippen molar-refractivity contribution >= 4 is 49.1 Å². The van der Waals surface area contributed by atoms with Crippen molar-refractivity contribution in [3.63, 3.8) is 0 Å². The lowest BCUT2D eigenvalue weighted by molar-refractivity contribution is 0.135. The highest BCUT2D eigenvalue weighted by atomic mass is 32.1. The maximum Gasteiger partial charge on any atom is 0.228 e. The molecule has 45 heavy (non-hydrogen) atoms. The molecule has 3 saturated heterocycles. The summed E-state index contributed by atoms with van der Waals surface area (Å²) in [5.41, 5.74) is 8.28. The number of fused-ring (bicyclic) bond motifs is 6. The van der Waals surface area contributed by atoms with E-state index in [1.165, 1.54) is 0 Å². The minimum Gasteiger partial charge on any atom is -0.389 e. The van der Waals surface area contributed by atoms with Gasteiger partial charge in [0, 0.05) is 55.3 Å². The van der Waals surface area contributed by atoms with Crippen LogP contribution in [0.2, 0.25) is 0 Å². The van der Waals surface area contributed by atoms with Crippen molar-refractivity contribution in [3.05, 3.63) is 34.5 Å². The first kappa shape index (κ1) is 28.8. The highest BCUT2D eigenvalue weighted by molar-refractivity contribution is 7.23. The highest BCUT2D eigenvalue weighted by Crippen LogP contribution is 2.48. The van der Waals surface area contributed by atoms with Crippen LogP contribution in [0.15, 0.2) is 6.20 Å². The largest absolute Gasteiger partial charge is 0.389 e. The number of thiophene rings is 1. The number of benzene rings is 1. The number of hydrogen-bond acceptors (Lipinski definition) is 11. The van der Waals surface area contributed by atoms with Crippen molar-refractivity contribution < 1.29 is 13.5 Å². The van der Waals surface area contributed by atoms with Crippen LogP contribution in [0.25, 0.3) is 32.2 Å². The molecule has 3 N–H and O–H groups in total. The number of hydrogen-bond donors (Lipinski definition) is 2. The molecule has 4 aromatic rings. The summed E-state index contributed by atoms with van der Waals surface area (Å²) in [5, 5.41) is 14.6. The highest BCUT2D eigenvalue weighted by Gasteiger charge is 2.41. The van der Waals surface area contributed by atoms with Crippen LogP contribution in [0.3, 0.4) is 0 Å². The molecule has 3 aromatic heterocycles. The summed E-state index contributed by atoms with van der Waals surface area (Å²) >= 11 is 0.973. The van der Waals surface area contributed by atoms with Gasteiger partial charge >= 0.3 is 0 Å². The summed E-state index contributed by atoms with van der Waals surface area (Å²) in [6, 6.07) is 2.97. The van der Waals surface area contributed by atoms with Gasteiger partial charge in [0.25, 0.3) is 0 Å². The van der Waals surface area contributed by atoms with Gasteiger partial charge in [0.2, 0.25) is 5.95 Å². The summed E-state index contributed by atoms with van der Waals surface area (Å²) < 4.78 is 38.5. The molecule has 4 aliphatic rings. The molecule has 2 bridgehead atoms. The van der Waals surface area contributed by atoms with Crippen LogP contribution in [0.4, 0.5) is 25.5 Å². The monoisotopic (exact) mass is 631 g/mol. The molecule has 4 aliphatic heterocycles. The number of nitrogens with two attached hydrogens (primary N) is 1. The predicted molar refractivity (Wildman–Crippen MR) is 171 cm³/mol. The quantitative estimate of drug-likeness (QED) is 0.314. The number of halogens is 2. The summed E-state index contributed by atoms with van der Waals surface area (Å²) in [4.78, 5) is 21.6. The molecular formula is C32H35F2N9OS. The maximum absolute atomic E-state index is 17.4. The van der Waals surface area contributed by atoms with Crippen LogP contribution in [0.5, 0.6) is 0 Å². The van der Waals surface area contributed by atoms with E-state index in [9.17, 15) is 9.65 Å². The normalized spacial score (nSPS) is 22.7. The Kier molecular flexibility index (Phi) is 7.01. The molecule has 0 spiro atoms. The number of nitrogens with zero attached hydrogens (tertiary/aromatic N) is 7. The number of nitrogen functional groups attached to an aromatic ring is 1. The summed E-state index contributed by atoms with van der Waals surface area (Å²) in [7, 11) is 0. The van der Waals surface area contributed by atoms with E-state index < -0.39 is 11.6 Å². The zero-order chi connectivity index (χ0) is 31.0. The first-order valence-electron chi connectivity index (χ1n) is 15.8. The van der Waals surface area contributed by atoms with Crippen LogP contribution >= 0.6 is 11.3 Å². The van der Waals surface area contributed by atoms with Crippen LogP contribution in [0.1, 0.15) is 49.8 Å². The second kappa shape index (κ2) is 11.0. The van der Waals surface area contributed by atoms with E-state index in [0.717, 1.165) is 87.4 Å². The van der Waals surface area contributed by atoms with Crippen LogP contribution in [-0.4, -0.2) is 77.2 Å². The number of ether oxygens (including phenoxy) is 1. The Morgan fingerprint density at radius 2 is 1.87 bits per heavy atom. The lowest BCUT2D eigenvalue weighted by Crippen LogP contribution is -2.52. The average Bonchev–Trinajstić information content (AvgIpc) is 3.84.